The summed E-state index contributed by atoms with van der Waals surface area (Å²) < 4.78 is 10.7. The maximum absolute atomic E-state index is 13.2. The van der Waals surface area contributed by atoms with Crippen LogP contribution in [0.1, 0.15) is 40.4 Å². The van der Waals surface area contributed by atoms with Gasteiger partial charge in [-0.15, -0.1) is 0 Å². The number of aliphatic hydroxyl groups excluding tert-OH is 1. The van der Waals surface area contributed by atoms with Gasteiger partial charge in [-0.05, 0) is 42.2 Å². The van der Waals surface area contributed by atoms with Gasteiger partial charge in [0, 0.05) is 24.3 Å². The number of methoxy groups -OCH3 is 1. The van der Waals surface area contributed by atoms with Crippen LogP contribution >= 0.6 is 11.6 Å². The molecule has 1 fully saturated rings. The fraction of sp³-hybridized carbons (Fsp3) is 0.357. The van der Waals surface area contributed by atoms with Gasteiger partial charge in [-0.3, -0.25) is 9.59 Å². The van der Waals surface area contributed by atoms with Crippen molar-refractivity contribution in [2.24, 2.45) is 0 Å². The molecular weight excluding hydrogens is 522 g/mol. The van der Waals surface area contributed by atoms with E-state index in [0.717, 1.165) is 25.0 Å². The molecule has 2 aliphatic heterocycles. The number of fused-ring (bicyclic) bond motifs is 1. The summed E-state index contributed by atoms with van der Waals surface area (Å²) in [6.45, 7) is 1.22. The van der Waals surface area contributed by atoms with Crippen LogP contribution < -0.4 is 15.4 Å². The summed E-state index contributed by atoms with van der Waals surface area (Å²) in [5.74, 6) is 0.437. The largest absolute Gasteiger partial charge is 0.497 e. The van der Waals surface area contributed by atoms with Crippen LogP contribution in [-0.2, 0) is 16.1 Å². The first kappa shape index (κ1) is 26.9. The first-order valence-corrected chi connectivity index (χ1v) is 13.2. The molecule has 204 valence electrons. The number of amides is 2. The van der Waals surface area contributed by atoms with E-state index in [-0.39, 0.29) is 31.0 Å². The number of rotatable bonds is 9. The molecule has 0 spiro atoms. The number of benzene rings is 2. The van der Waals surface area contributed by atoms with Gasteiger partial charge in [-0.2, -0.15) is 0 Å². The van der Waals surface area contributed by atoms with Crippen molar-refractivity contribution in [2.75, 3.05) is 38.8 Å². The maximum Gasteiger partial charge on any atom is 0.254 e. The Morgan fingerprint density at radius 2 is 2.18 bits per heavy atom. The molecule has 2 aliphatic rings. The lowest BCUT2D eigenvalue weighted by molar-refractivity contribution is -0.122. The van der Waals surface area contributed by atoms with Crippen LogP contribution in [0.25, 0.3) is 11.3 Å². The molecule has 11 heteroatoms. The van der Waals surface area contributed by atoms with E-state index in [0.29, 0.717) is 52.3 Å². The molecule has 5 rings (SSSR count). The smallest absolute Gasteiger partial charge is 0.254 e. The molecule has 0 aliphatic carbocycles. The van der Waals surface area contributed by atoms with Gasteiger partial charge in [0.15, 0.2) is 0 Å². The van der Waals surface area contributed by atoms with Gasteiger partial charge in [0.2, 0.25) is 11.9 Å². The van der Waals surface area contributed by atoms with Gasteiger partial charge in [0.05, 0.1) is 49.3 Å². The third-order valence-electron chi connectivity index (χ3n) is 6.85. The number of carbonyl (C=O) groups is 2. The molecule has 0 saturated carbocycles. The molecule has 1 aromatic heterocycles. The Morgan fingerprint density at radius 1 is 1.31 bits per heavy atom. The summed E-state index contributed by atoms with van der Waals surface area (Å²) in [7, 11) is 1.55. The van der Waals surface area contributed by atoms with Gasteiger partial charge in [0.1, 0.15) is 12.3 Å². The quantitative estimate of drug-likeness (QED) is 0.370. The van der Waals surface area contributed by atoms with Crippen molar-refractivity contribution in [3.8, 4) is 17.0 Å². The van der Waals surface area contributed by atoms with Crippen LogP contribution in [0.15, 0.2) is 48.7 Å². The number of nitrogens with one attached hydrogen (secondary N) is 2. The molecule has 1 saturated heterocycles. The number of aliphatic hydroxyl groups is 1. The summed E-state index contributed by atoms with van der Waals surface area (Å²) in [6, 6.07) is 12.1. The summed E-state index contributed by atoms with van der Waals surface area (Å²) in [5, 5.41) is 16.3. The summed E-state index contributed by atoms with van der Waals surface area (Å²) in [4.78, 5) is 36.4. The Kier molecular flexibility index (Phi) is 8.25. The fourth-order valence-corrected chi connectivity index (χ4v) is 5.02. The third kappa shape index (κ3) is 6.13. The number of aromatic nitrogens is 2. The molecule has 3 N–H and O–H groups in total. The lowest BCUT2D eigenvalue weighted by atomic mass is 10.0. The highest BCUT2D eigenvalue weighted by Gasteiger charge is 2.30. The lowest BCUT2D eigenvalue weighted by Gasteiger charge is -2.23. The van der Waals surface area contributed by atoms with E-state index in [2.05, 4.69) is 20.6 Å². The van der Waals surface area contributed by atoms with E-state index >= 15 is 0 Å². The average molecular weight is 552 g/mol. The van der Waals surface area contributed by atoms with Crippen molar-refractivity contribution in [1.82, 2.24) is 20.2 Å². The molecule has 0 unspecified atom stereocenters. The molecule has 2 aromatic carbocycles. The number of carbonyl (C=O) groups excluding carboxylic acids is 2. The van der Waals surface area contributed by atoms with Crippen molar-refractivity contribution >= 4 is 29.4 Å². The first-order chi connectivity index (χ1) is 18.9. The Hall–Kier alpha value is -3.73. The highest BCUT2D eigenvalue weighted by molar-refractivity contribution is 6.33. The van der Waals surface area contributed by atoms with Gasteiger partial charge in [0.25, 0.3) is 5.91 Å². The monoisotopic (exact) mass is 551 g/mol. The van der Waals surface area contributed by atoms with Gasteiger partial charge in [-0.1, -0.05) is 35.9 Å². The van der Waals surface area contributed by atoms with Gasteiger partial charge < -0.3 is 30.1 Å². The lowest BCUT2D eigenvalue weighted by Crippen LogP contribution is -2.40. The van der Waals surface area contributed by atoms with E-state index in [1.54, 1.807) is 43.6 Å². The zero-order valence-electron chi connectivity index (χ0n) is 21.5. The van der Waals surface area contributed by atoms with Crippen LogP contribution in [-0.4, -0.2) is 71.3 Å². The SMILES string of the molecule is COc1cccc([C@@H](CO)NC(=O)CN2Cc3ccc(-c4nc(N[C@H]5CCCOC5)ncc4Cl)cc3C2=O)c1. The second-order valence-corrected chi connectivity index (χ2v) is 9.97. The zero-order chi connectivity index (χ0) is 27.4. The van der Waals surface area contributed by atoms with E-state index in [1.807, 2.05) is 12.1 Å². The molecular formula is C28H30ClN5O5. The second kappa shape index (κ2) is 12.0. The standard InChI is InChI=1S/C28H30ClN5O5/c1-38-21-6-2-4-17(10-21)24(15-35)32-25(36)14-34-13-19-8-7-18(11-22(19)27(34)37)26-23(29)12-30-28(33-26)31-20-5-3-9-39-16-20/h2,4,6-8,10-12,20,24,35H,3,5,9,13-16H2,1H3,(H,32,36)(H,30,31,33)/t20-,24+/m0/s1. The Morgan fingerprint density at radius 3 is 2.95 bits per heavy atom. The van der Waals surface area contributed by atoms with Crippen LogP contribution in [0.5, 0.6) is 5.75 Å². The van der Waals surface area contributed by atoms with Crippen LogP contribution in [0.2, 0.25) is 5.02 Å². The summed E-state index contributed by atoms with van der Waals surface area (Å²) >= 11 is 6.44. The van der Waals surface area contributed by atoms with Crippen molar-refractivity contribution in [1.29, 1.82) is 0 Å². The highest BCUT2D eigenvalue weighted by Crippen LogP contribution is 2.31. The van der Waals surface area contributed by atoms with Gasteiger partial charge >= 0.3 is 0 Å². The predicted octanol–water partition coefficient (Wildman–Crippen LogP) is 3.20. The van der Waals surface area contributed by atoms with E-state index in [4.69, 9.17) is 21.1 Å². The molecule has 0 bridgehead atoms. The molecule has 2 amide bonds. The van der Waals surface area contributed by atoms with Crippen molar-refractivity contribution in [2.45, 2.75) is 31.5 Å². The number of hydrogen-bond acceptors (Lipinski definition) is 8. The highest BCUT2D eigenvalue weighted by atomic mass is 35.5. The Balaban J connectivity index is 1.27. The minimum Gasteiger partial charge on any atom is -0.497 e. The Bertz CT molecular complexity index is 1360. The number of nitrogens with zero attached hydrogens (tertiary/aromatic N) is 3. The number of halogens is 1. The fourth-order valence-electron chi connectivity index (χ4n) is 4.82. The maximum atomic E-state index is 13.2. The molecule has 3 heterocycles. The van der Waals surface area contributed by atoms with Crippen molar-refractivity contribution < 1.29 is 24.2 Å². The zero-order valence-corrected chi connectivity index (χ0v) is 22.3. The van der Waals surface area contributed by atoms with E-state index < -0.39 is 6.04 Å². The molecule has 2 atom stereocenters. The summed E-state index contributed by atoms with van der Waals surface area (Å²) in [6.07, 6.45) is 3.49. The second-order valence-electron chi connectivity index (χ2n) is 9.56. The van der Waals surface area contributed by atoms with Crippen LogP contribution in [0.3, 0.4) is 0 Å². The number of anilines is 1. The minimum absolute atomic E-state index is 0.128. The molecule has 0 radical (unpaired) electrons. The first-order valence-electron chi connectivity index (χ1n) is 12.8. The van der Waals surface area contributed by atoms with Crippen LogP contribution in [0.4, 0.5) is 5.95 Å². The topological polar surface area (TPSA) is 126 Å². The number of ether oxygens (including phenoxy) is 2. The van der Waals surface area contributed by atoms with Crippen molar-refractivity contribution in [3.63, 3.8) is 0 Å². The minimum atomic E-state index is -0.623. The predicted molar refractivity (Wildman–Crippen MR) is 146 cm³/mol. The van der Waals surface area contributed by atoms with Gasteiger partial charge in [-0.25, -0.2) is 9.97 Å². The van der Waals surface area contributed by atoms with E-state index in [1.165, 1.54) is 4.90 Å². The third-order valence-corrected chi connectivity index (χ3v) is 7.12. The normalized spacial score (nSPS) is 17.5. The van der Waals surface area contributed by atoms with Crippen molar-refractivity contribution in [3.05, 3.63) is 70.4 Å². The molecule has 3 aromatic rings. The number of hydrogen-bond donors (Lipinski definition) is 3. The summed E-state index contributed by atoms with van der Waals surface area (Å²) in [5.41, 5.74) is 3.21. The van der Waals surface area contributed by atoms with Crippen LogP contribution in [0, 0.1) is 0 Å². The Labute approximate surface area is 231 Å². The average Bonchev–Trinajstić information content (AvgIpc) is 3.27. The van der Waals surface area contributed by atoms with E-state index in [9.17, 15) is 14.7 Å². The molecule has 39 heavy (non-hydrogen) atoms. The molecule has 10 nitrogen and oxygen atoms in total.